The molecule has 0 saturated carbocycles. The molecule has 0 aliphatic rings. The number of anilines is 1. The predicted molar refractivity (Wildman–Crippen MR) is 118 cm³/mol. The monoisotopic (exact) mass is 418 g/mol. The Bertz CT molecular complexity index is 1020. The van der Waals surface area contributed by atoms with Gasteiger partial charge in [0.25, 0.3) is 0 Å². The van der Waals surface area contributed by atoms with Crippen LogP contribution in [0.15, 0.2) is 52.9 Å². The van der Waals surface area contributed by atoms with Gasteiger partial charge in [-0.15, -0.1) is 0 Å². The molecule has 2 aromatic carbocycles. The van der Waals surface area contributed by atoms with Crippen molar-refractivity contribution in [2.75, 3.05) is 18.9 Å². The van der Waals surface area contributed by atoms with Crippen LogP contribution in [-0.2, 0) is 14.8 Å². The van der Waals surface area contributed by atoms with E-state index in [1.54, 1.807) is 64.2 Å². The summed E-state index contributed by atoms with van der Waals surface area (Å²) in [5, 5.41) is 3.91. The van der Waals surface area contributed by atoms with Gasteiger partial charge in [-0.1, -0.05) is 35.9 Å². The minimum Gasteiger partial charge on any atom is -0.444 e. The van der Waals surface area contributed by atoms with Crippen LogP contribution < -0.4 is 5.32 Å². The van der Waals surface area contributed by atoms with E-state index in [2.05, 4.69) is 5.32 Å². The summed E-state index contributed by atoms with van der Waals surface area (Å²) in [6.07, 6.45) is 2.07. The number of amides is 1. The Labute approximate surface area is 173 Å². The number of rotatable bonds is 6. The zero-order chi connectivity index (χ0) is 21.8. The van der Waals surface area contributed by atoms with Crippen molar-refractivity contribution in [1.29, 1.82) is 0 Å². The maximum atomic E-state index is 13.1. The highest BCUT2D eigenvalue weighted by atomic mass is 32.2. The van der Waals surface area contributed by atoms with E-state index in [1.807, 2.05) is 19.9 Å². The third-order valence-corrected chi connectivity index (χ3v) is 6.12. The van der Waals surface area contributed by atoms with Gasteiger partial charge in [-0.05, 0) is 53.2 Å². The molecule has 7 heteroatoms. The summed E-state index contributed by atoms with van der Waals surface area (Å²) in [7, 11) is -2.10. The second kappa shape index (κ2) is 8.97. The van der Waals surface area contributed by atoms with Crippen molar-refractivity contribution in [3.05, 3.63) is 48.0 Å². The van der Waals surface area contributed by atoms with E-state index >= 15 is 0 Å². The number of hydrogen-bond donors (Lipinski definition) is 1. The van der Waals surface area contributed by atoms with Crippen molar-refractivity contribution >= 4 is 32.6 Å². The molecule has 0 fully saturated rings. The standard InChI is InChI=1S/C22H30N2O4S/c1-16(2)10-9-15-24(6)29(26,27)20-14-8-11-17-18(20)12-7-13-19(17)23-21(25)28-22(3,4)5/h7-8,10-14H,9,15H2,1-6H3,(H,23,25). The molecule has 0 bridgehead atoms. The van der Waals surface area contributed by atoms with E-state index < -0.39 is 21.7 Å². The van der Waals surface area contributed by atoms with Crippen LogP contribution in [0.25, 0.3) is 10.8 Å². The molecular weight excluding hydrogens is 388 g/mol. The second-order valence-electron chi connectivity index (χ2n) is 8.18. The smallest absolute Gasteiger partial charge is 0.412 e. The van der Waals surface area contributed by atoms with Gasteiger partial charge in [-0.2, -0.15) is 0 Å². The predicted octanol–water partition coefficient (Wildman–Crippen LogP) is 5.16. The number of benzene rings is 2. The molecule has 158 valence electrons. The van der Waals surface area contributed by atoms with Crippen molar-refractivity contribution in [2.24, 2.45) is 0 Å². The third-order valence-electron chi connectivity index (χ3n) is 4.20. The van der Waals surface area contributed by atoms with Crippen molar-refractivity contribution < 1.29 is 17.9 Å². The van der Waals surface area contributed by atoms with Crippen LogP contribution in [0.3, 0.4) is 0 Å². The molecule has 0 spiro atoms. The summed E-state index contributed by atoms with van der Waals surface area (Å²) in [5.74, 6) is 0. The Balaban J connectivity index is 2.39. The number of nitrogens with one attached hydrogen (secondary N) is 1. The zero-order valence-corrected chi connectivity index (χ0v) is 18.8. The SMILES string of the molecule is CC(C)=CCCN(C)S(=O)(=O)c1cccc2c(NC(=O)OC(C)(C)C)cccc12. The number of fused-ring (bicyclic) bond motifs is 1. The first-order valence-electron chi connectivity index (χ1n) is 9.53. The van der Waals surface area contributed by atoms with Gasteiger partial charge in [0, 0.05) is 24.4 Å². The Kier molecular flexibility index (Phi) is 7.08. The summed E-state index contributed by atoms with van der Waals surface area (Å²) in [4.78, 5) is 12.4. The van der Waals surface area contributed by atoms with Crippen molar-refractivity contribution in [1.82, 2.24) is 4.31 Å². The number of allylic oxidation sites excluding steroid dienone is 1. The molecule has 0 radical (unpaired) electrons. The first kappa shape index (κ1) is 22.9. The van der Waals surface area contributed by atoms with Gasteiger partial charge < -0.3 is 4.74 Å². The number of ether oxygens (including phenoxy) is 1. The summed E-state index contributed by atoms with van der Waals surface area (Å²) in [6.45, 7) is 9.71. The van der Waals surface area contributed by atoms with E-state index in [-0.39, 0.29) is 4.90 Å². The Morgan fingerprint density at radius 1 is 1.10 bits per heavy atom. The molecule has 0 heterocycles. The minimum absolute atomic E-state index is 0.211. The molecule has 0 aliphatic carbocycles. The van der Waals surface area contributed by atoms with Crippen LogP contribution in [-0.4, -0.2) is 38.0 Å². The van der Waals surface area contributed by atoms with Crippen LogP contribution in [0.1, 0.15) is 41.0 Å². The Hall–Kier alpha value is -2.38. The fourth-order valence-electron chi connectivity index (χ4n) is 2.85. The molecular formula is C22H30N2O4S. The number of sulfonamides is 1. The van der Waals surface area contributed by atoms with Gasteiger partial charge in [-0.25, -0.2) is 17.5 Å². The highest BCUT2D eigenvalue weighted by molar-refractivity contribution is 7.89. The van der Waals surface area contributed by atoms with Gasteiger partial charge in [0.05, 0.1) is 10.6 Å². The lowest BCUT2D eigenvalue weighted by molar-refractivity contribution is 0.0636. The molecule has 1 N–H and O–H groups in total. The molecule has 2 aromatic rings. The second-order valence-corrected chi connectivity index (χ2v) is 10.2. The average molecular weight is 419 g/mol. The van der Waals surface area contributed by atoms with Gasteiger partial charge in [0.2, 0.25) is 10.0 Å². The normalized spacial score (nSPS) is 12.1. The van der Waals surface area contributed by atoms with Crippen molar-refractivity contribution in [2.45, 2.75) is 51.5 Å². The van der Waals surface area contributed by atoms with Crippen LogP contribution in [0, 0.1) is 0 Å². The van der Waals surface area contributed by atoms with Gasteiger partial charge in [0.1, 0.15) is 5.60 Å². The first-order chi connectivity index (χ1) is 13.4. The first-order valence-corrected chi connectivity index (χ1v) is 11.0. The van der Waals surface area contributed by atoms with Crippen LogP contribution >= 0.6 is 0 Å². The maximum Gasteiger partial charge on any atom is 0.412 e. The molecule has 29 heavy (non-hydrogen) atoms. The number of hydrogen-bond acceptors (Lipinski definition) is 4. The Morgan fingerprint density at radius 3 is 2.34 bits per heavy atom. The average Bonchev–Trinajstić information content (AvgIpc) is 2.59. The maximum absolute atomic E-state index is 13.1. The summed E-state index contributed by atoms with van der Waals surface area (Å²) >= 11 is 0. The lowest BCUT2D eigenvalue weighted by Crippen LogP contribution is -2.28. The largest absolute Gasteiger partial charge is 0.444 e. The lowest BCUT2D eigenvalue weighted by Gasteiger charge is -2.21. The van der Waals surface area contributed by atoms with E-state index in [1.165, 1.54) is 4.31 Å². The zero-order valence-electron chi connectivity index (χ0n) is 17.9. The molecule has 2 rings (SSSR count). The van der Waals surface area contributed by atoms with Gasteiger partial charge >= 0.3 is 6.09 Å². The van der Waals surface area contributed by atoms with Gasteiger partial charge in [-0.3, -0.25) is 5.32 Å². The minimum atomic E-state index is -3.68. The molecule has 0 aromatic heterocycles. The highest BCUT2D eigenvalue weighted by Crippen LogP contribution is 2.30. The molecule has 0 aliphatic heterocycles. The van der Waals surface area contributed by atoms with Crippen LogP contribution in [0.5, 0.6) is 0 Å². The van der Waals surface area contributed by atoms with Crippen molar-refractivity contribution in [3.8, 4) is 0 Å². The van der Waals surface area contributed by atoms with E-state index in [0.717, 1.165) is 5.57 Å². The van der Waals surface area contributed by atoms with Crippen LogP contribution in [0.4, 0.5) is 10.5 Å². The van der Waals surface area contributed by atoms with E-state index in [9.17, 15) is 13.2 Å². The third kappa shape index (κ3) is 6.05. The van der Waals surface area contributed by atoms with Crippen molar-refractivity contribution in [3.63, 3.8) is 0 Å². The quantitative estimate of drug-likeness (QED) is 0.657. The van der Waals surface area contributed by atoms with Gasteiger partial charge in [0.15, 0.2) is 0 Å². The highest BCUT2D eigenvalue weighted by Gasteiger charge is 2.23. The fraction of sp³-hybridized carbons (Fsp3) is 0.409. The molecule has 0 atom stereocenters. The fourth-order valence-corrected chi connectivity index (χ4v) is 4.24. The summed E-state index contributed by atoms with van der Waals surface area (Å²) in [6, 6.07) is 10.2. The summed E-state index contributed by atoms with van der Waals surface area (Å²) < 4.78 is 32.9. The topological polar surface area (TPSA) is 75.7 Å². The Morgan fingerprint density at radius 2 is 1.72 bits per heavy atom. The molecule has 6 nitrogen and oxygen atoms in total. The molecule has 0 saturated heterocycles. The lowest BCUT2D eigenvalue weighted by atomic mass is 10.1. The summed E-state index contributed by atoms with van der Waals surface area (Å²) in [5.41, 5.74) is 1.02. The van der Waals surface area contributed by atoms with E-state index in [4.69, 9.17) is 4.74 Å². The number of carbonyl (C=O) groups excluding carboxylic acids is 1. The van der Waals surface area contributed by atoms with Crippen LogP contribution in [0.2, 0.25) is 0 Å². The molecule has 0 unspecified atom stereocenters. The molecule has 1 amide bonds. The number of nitrogens with zero attached hydrogens (tertiary/aromatic N) is 1. The number of carbonyl (C=O) groups is 1. The van der Waals surface area contributed by atoms with E-state index in [0.29, 0.717) is 29.4 Å².